The molecule has 1 fully saturated rings. The molecule has 0 bridgehead atoms. The van der Waals surface area contributed by atoms with Gasteiger partial charge in [-0.05, 0) is 51.8 Å². The number of nitrogens with zero attached hydrogens (tertiary/aromatic N) is 1. The van der Waals surface area contributed by atoms with E-state index in [0.717, 1.165) is 5.56 Å². The predicted molar refractivity (Wildman–Crippen MR) is 127 cm³/mol. The number of phenolic OH excluding ortho intramolecular Hbond substituents is 1. The Hall–Kier alpha value is -2.34. The summed E-state index contributed by atoms with van der Waals surface area (Å²) in [6.07, 6.45) is 0.767. The Labute approximate surface area is 198 Å². The number of nitrogens with one attached hydrogen (secondary N) is 2. The minimum Gasteiger partial charge on any atom is -0.508 e. The Morgan fingerprint density at radius 3 is 2.33 bits per heavy atom. The highest BCUT2D eigenvalue weighted by atomic mass is 32.2. The Morgan fingerprint density at radius 1 is 1.21 bits per heavy atom. The molecule has 0 aromatic heterocycles. The number of benzene rings is 1. The van der Waals surface area contributed by atoms with Crippen LogP contribution in [0.5, 0.6) is 5.75 Å². The van der Waals surface area contributed by atoms with Gasteiger partial charge >= 0.3 is 0 Å². The zero-order valence-electron chi connectivity index (χ0n) is 19.5. The van der Waals surface area contributed by atoms with E-state index < -0.39 is 35.0 Å². The van der Waals surface area contributed by atoms with Crippen LogP contribution in [0.4, 0.5) is 0 Å². The van der Waals surface area contributed by atoms with Gasteiger partial charge in [-0.3, -0.25) is 14.4 Å². The first-order chi connectivity index (χ1) is 15.2. The van der Waals surface area contributed by atoms with E-state index in [4.69, 9.17) is 11.5 Å². The van der Waals surface area contributed by atoms with Crippen molar-refractivity contribution < 1.29 is 24.7 Å². The van der Waals surface area contributed by atoms with Crippen molar-refractivity contribution >= 4 is 29.5 Å². The topological polar surface area (TPSA) is 171 Å². The SMILES string of the molecule is CC1(C)CC(NC(=O)CSC[C@H](N)C(=O)N[C@@H](Cc2ccc(O)cc2)C(N)=O)C(C)(C)N1O. The van der Waals surface area contributed by atoms with Crippen LogP contribution in [0.1, 0.15) is 39.7 Å². The van der Waals surface area contributed by atoms with Crippen LogP contribution in [0.25, 0.3) is 0 Å². The molecule has 0 radical (unpaired) electrons. The van der Waals surface area contributed by atoms with Crippen molar-refractivity contribution in [1.29, 1.82) is 0 Å². The highest BCUT2D eigenvalue weighted by Gasteiger charge is 2.51. The van der Waals surface area contributed by atoms with Gasteiger partial charge in [-0.2, -0.15) is 5.06 Å². The van der Waals surface area contributed by atoms with E-state index in [1.54, 1.807) is 12.1 Å². The summed E-state index contributed by atoms with van der Waals surface area (Å²) in [5, 5.41) is 26.5. The number of amides is 3. The van der Waals surface area contributed by atoms with Gasteiger partial charge in [0.15, 0.2) is 0 Å². The molecule has 1 aliphatic rings. The average Bonchev–Trinajstić information content (AvgIpc) is 2.87. The lowest BCUT2D eigenvalue weighted by atomic mass is 9.94. The maximum atomic E-state index is 12.4. The van der Waals surface area contributed by atoms with Crippen molar-refractivity contribution in [2.24, 2.45) is 11.5 Å². The molecule has 1 saturated heterocycles. The second-order valence-corrected chi connectivity index (χ2v) is 10.6. The molecule has 3 atom stereocenters. The number of phenols is 1. The molecule has 1 unspecified atom stereocenters. The fraction of sp³-hybridized carbons (Fsp3) is 0.591. The van der Waals surface area contributed by atoms with E-state index in [2.05, 4.69) is 10.6 Å². The molecule has 1 aliphatic heterocycles. The maximum absolute atomic E-state index is 12.4. The molecule has 0 saturated carbocycles. The lowest BCUT2D eigenvalue weighted by Gasteiger charge is -2.35. The van der Waals surface area contributed by atoms with Gasteiger partial charge in [0.05, 0.1) is 23.4 Å². The Bertz CT molecular complexity index is 861. The molecule has 33 heavy (non-hydrogen) atoms. The van der Waals surface area contributed by atoms with Gasteiger partial charge in [0.1, 0.15) is 11.8 Å². The monoisotopic (exact) mass is 481 g/mol. The zero-order chi connectivity index (χ0) is 25.0. The number of primary amides is 1. The van der Waals surface area contributed by atoms with E-state index in [1.165, 1.54) is 29.0 Å². The Kier molecular flexibility index (Phi) is 8.75. The number of hydroxylamine groups is 2. The van der Waals surface area contributed by atoms with Crippen molar-refractivity contribution in [1.82, 2.24) is 15.7 Å². The summed E-state index contributed by atoms with van der Waals surface area (Å²) < 4.78 is 0. The number of carbonyl (C=O) groups excluding carboxylic acids is 3. The number of hydrogen-bond donors (Lipinski definition) is 6. The number of rotatable bonds is 10. The van der Waals surface area contributed by atoms with E-state index in [1.807, 2.05) is 27.7 Å². The minimum absolute atomic E-state index is 0.0930. The maximum Gasteiger partial charge on any atom is 0.240 e. The fourth-order valence-electron chi connectivity index (χ4n) is 3.95. The third-order valence-corrected chi connectivity index (χ3v) is 6.98. The largest absolute Gasteiger partial charge is 0.508 e. The van der Waals surface area contributed by atoms with Crippen molar-refractivity contribution in [3.8, 4) is 5.75 Å². The summed E-state index contributed by atoms with van der Waals surface area (Å²) in [4.78, 5) is 36.6. The van der Waals surface area contributed by atoms with Crippen LogP contribution in [0.15, 0.2) is 24.3 Å². The Balaban J connectivity index is 1.80. The van der Waals surface area contributed by atoms with Crippen molar-refractivity contribution in [2.45, 2.75) is 69.7 Å². The summed E-state index contributed by atoms with van der Waals surface area (Å²) in [5.74, 6) is -1.08. The lowest BCUT2D eigenvalue weighted by Crippen LogP contribution is -2.53. The van der Waals surface area contributed by atoms with E-state index in [-0.39, 0.29) is 35.6 Å². The van der Waals surface area contributed by atoms with Crippen LogP contribution < -0.4 is 22.1 Å². The first-order valence-corrected chi connectivity index (χ1v) is 11.9. The summed E-state index contributed by atoms with van der Waals surface area (Å²) in [7, 11) is 0. The Morgan fingerprint density at radius 2 is 1.82 bits per heavy atom. The highest BCUT2D eigenvalue weighted by molar-refractivity contribution is 8.00. The van der Waals surface area contributed by atoms with Gasteiger partial charge in [-0.15, -0.1) is 11.8 Å². The van der Waals surface area contributed by atoms with Gasteiger partial charge in [-0.25, -0.2) is 0 Å². The van der Waals surface area contributed by atoms with Crippen LogP contribution in [0, 0.1) is 0 Å². The third kappa shape index (κ3) is 7.07. The zero-order valence-corrected chi connectivity index (χ0v) is 20.3. The van der Waals surface area contributed by atoms with Crippen LogP contribution in [0.3, 0.4) is 0 Å². The first kappa shape index (κ1) is 26.9. The number of carbonyl (C=O) groups is 3. The molecule has 2 rings (SSSR count). The fourth-order valence-corrected chi connectivity index (χ4v) is 4.74. The van der Waals surface area contributed by atoms with Crippen molar-refractivity contribution in [3.05, 3.63) is 29.8 Å². The molecule has 10 nitrogen and oxygen atoms in total. The van der Waals surface area contributed by atoms with Gasteiger partial charge in [-0.1, -0.05) is 12.1 Å². The molecular weight excluding hydrogens is 446 g/mol. The van der Waals surface area contributed by atoms with Crippen molar-refractivity contribution in [2.75, 3.05) is 11.5 Å². The highest BCUT2D eigenvalue weighted by Crippen LogP contribution is 2.39. The number of aromatic hydroxyl groups is 1. The molecule has 0 spiro atoms. The molecular formula is C22H35N5O5S. The van der Waals surface area contributed by atoms with Gasteiger partial charge in [0.2, 0.25) is 17.7 Å². The van der Waals surface area contributed by atoms with Crippen LogP contribution in [-0.4, -0.2) is 73.8 Å². The molecule has 1 heterocycles. The average molecular weight is 482 g/mol. The molecule has 184 valence electrons. The summed E-state index contributed by atoms with van der Waals surface area (Å²) in [6, 6.07) is 4.13. The van der Waals surface area contributed by atoms with Gasteiger partial charge in [0, 0.05) is 17.7 Å². The quantitative estimate of drug-likeness (QED) is 0.273. The van der Waals surface area contributed by atoms with E-state index in [9.17, 15) is 24.7 Å². The second kappa shape index (κ2) is 10.7. The summed E-state index contributed by atoms with van der Waals surface area (Å²) in [5.41, 5.74) is 11.0. The molecule has 0 aliphatic carbocycles. The molecule has 11 heteroatoms. The molecule has 8 N–H and O–H groups in total. The number of hydrogen-bond acceptors (Lipinski definition) is 8. The second-order valence-electron chi connectivity index (χ2n) is 9.56. The number of nitrogens with two attached hydrogens (primary N) is 2. The third-order valence-electron chi connectivity index (χ3n) is 5.91. The summed E-state index contributed by atoms with van der Waals surface area (Å²) >= 11 is 1.21. The smallest absolute Gasteiger partial charge is 0.240 e. The normalized spacial score (nSPS) is 21.2. The van der Waals surface area contributed by atoms with Crippen LogP contribution >= 0.6 is 11.8 Å². The van der Waals surface area contributed by atoms with Crippen molar-refractivity contribution in [3.63, 3.8) is 0 Å². The molecule has 1 aromatic carbocycles. The van der Waals surface area contributed by atoms with E-state index in [0.29, 0.717) is 6.42 Å². The van der Waals surface area contributed by atoms with Crippen LogP contribution in [-0.2, 0) is 20.8 Å². The number of thioether (sulfide) groups is 1. The van der Waals surface area contributed by atoms with E-state index >= 15 is 0 Å². The molecule has 1 aromatic rings. The standard InChI is InChI=1S/C22H35N5O5S/c1-21(2)10-17(22(3,4)27(21)32)26-18(29)12-33-11-15(23)20(31)25-16(19(24)30)9-13-5-7-14(28)8-6-13/h5-8,15-17,28,32H,9-12,23H2,1-4H3,(H2,24,30)(H,25,31)(H,26,29)/t15-,16-,17?/m0/s1. The summed E-state index contributed by atoms with van der Waals surface area (Å²) in [6.45, 7) is 7.56. The van der Waals surface area contributed by atoms with Crippen LogP contribution in [0.2, 0.25) is 0 Å². The lowest BCUT2D eigenvalue weighted by molar-refractivity contribution is -0.194. The minimum atomic E-state index is -0.948. The van der Waals surface area contributed by atoms with Gasteiger partial charge in [0.25, 0.3) is 0 Å². The predicted octanol–water partition coefficient (Wildman–Crippen LogP) is 0.102. The van der Waals surface area contributed by atoms with Gasteiger partial charge < -0.3 is 32.4 Å². The first-order valence-electron chi connectivity index (χ1n) is 10.7. The molecule has 3 amide bonds.